The number of fused-ring (bicyclic) bond motifs is 1. The van der Waals surface area contributed by atoms with E-state index in [4.69, 9.17) is 14.2 Å². The lowest BCUT2D eigenvalue weighted by molar-refractivity contribution is -0.120. The van der Waals surface area contributed by atoms with Gasteiger partial charge in [0.15, 0.2) is 5.82 Å². The number of hydrogen-bond donors (Lipinski definition) is 2. The lowest BCUT2D eigenvalue weighted by Gasteiger charge is -2.27. The Morgan fingerprint density at radius 2 is 1.28 bits per heavy atom. The van der Waals surface area contributed by atoms with Gasteiger partial charge in [0, 0.05) is 18.5 Å². The number of nitrogens with one attached hydrogen (secondary N) is 2. The van der Waals surface area contributed by atoms with Gasteiger partial charge in [-0.2, -0.15) is 4.68 Å². The average molecular weight is 742 g/mol. The standard InChI is InChI=1S/C40H51N7O7/c1-38(2,3)52-35(49)45-20-10-12-29(45)33-41-23-28(42-33)25-16-14-24(15-17-25)26-18-19-27-31(22-26)47(37(51)54-40(7,8)9)44-32(27)43-34(48)30-13-11-21-46(30)36(50)53-39(4,5)6/h14-19,22-23,29-30H,10-13,20-21H2,1-9H3,(H,41,42)(H,43,44,48). The number of likely N-dealkylation sites (tertiary alicyclic amines) is 2. The largest absolute Gasteiger partial charge is 0.444 e. The van der Waals surface area contributed by atoms with Gasteiger partial charge >= 0.3 is 18.3 Å². The van der Waals surface area contributed by atoms with Gasteiger partial charge in [-0.15, -0.1) is 5.10 Å². The number of rotatable bonds is 5. The monoisotopic (exact) mass is 741 g/mol. The summed E-state index contributed by atoms with van der Waals surface area (Å²) in [7, 11) is 0. The van der Waals surface area contributed by atoms with E-state index >= 15 is 0 Å². The van der Waals surface area contributed by atoms with E-state index in [1.807, 2.05) is 63.2 Å². The highest BCUT2D eigenvalue weighted by molar-refractivity contribution is 6.05. The zero-order valence-corrected chi connectivity index (χ0v) is 32.6. The van der Waals surface area contributed by atoms with Gasteiger partial charge in [0.1, 0.15) is 28.7 Å². The Morgan fingerprint density at radius 3 is 1.93 bits per heavy atom. The van der Waals surface area contributed by atoms with Crippen molar-refractivity contribution in [2.45, 2.75) is 117 Å². The molecule has 3 amide bonds. The summed E-state index contributed by atoms with van der Waals surface area (Å²) < 4.78 is 18.0. The molecule has 2 aliphatic rings. The van der Waals surface area contributed by atoms with Crippen molar-refractivity contribution >= 4 is 40.9 Å². The van der Waals surface area contributed by atoms with Crippen LogP contribution in [0.1, 0.15) is 99.9 Å². The third-order valence-corrected chi connectivity index (χ3v) is 8.99. The molecule has 14 nitrogen and oxygen atoms in total. The number of carbonyl (C=O) groups excluding carboxylic acids is 4. The number of amides is 3. The zero-order chi connectivity index (χ0) is 39.2. The minimum absolute atomic E-state index is 0.182. The zero-order valence-electron chi connectivity index (χ0n) is 32.6. The highest BCUT2D eigenvalue weighted by Crippen LogP contribution is 2.35. The molecule has 0 aliphatic carbocycles. The Morgan fingerprint density at radius 1 is 0.722 bits per heavy atom. The van der Waals surface area contributed by atoms with Gasteiger partial charge in [-0.1, -0.05) is 30.3 Å². The van der Waals surface area contributed by atoms with Crippen LogP contribution in [0.15, 0.2) is 48.7 Å². The molecule has 2 aliphatic heterocycles. The van der Waals surface area contributed by atoms with Crippen LogP contribution in [-0.4, -0.2) is 89.7 Å². The van der Waals surface area contributed by atoms with Crippen LogP contribution in [0.25, 0.3) is 33.3 Å². The third-order valence-electron chi connectivity index (χ3n) is 8.99. The first-order valence-electron chi connectivity index (χ1n) is 18.5. The van der Waals surface area contributed by atoms with Gasteiger partial charge in [0.2, 0.25) is 5.91 Å². The van der Waals surface area contributed by atoms with Crippen molar-refractivity contribution in [1.82, 2.24) is 29.5 Å². The van der Waals surface area contributed by atoms with E-state index in [9.17, 15) is 19.2 Å². The summed E-state index contributed by atoms with van der Waals surface area (Å²) in [6, 6.07) is 12.5. The van der Waals surface area contributed by atoms with E-state index in [-0.39, 0.29) is 18.0 Å². The Kier molecular flexibility index (Phi) is 10.3. The SMILES string of the molecule is CC(C)(C)OC(=O)N1CCCC1C(=O)Nc1nn(C(=O)OC(C)(C)C)c2cc(-c3ccc(-c4cnc(C5CCCN5C(=O)OC(C)(C)C)[nH]4)cc3)ccc12. The first kappa shape index (κ1) is 38.3. The lowest BCUT2D eigenvalue weighted by Crippen LogP contribution is -2.45. The predicted octanol–water partition coefficient (Wildman–Crippen LogP) is 8.29. The Labute approximate surface area is 315 Å². The number of ether oxygens (including phenoxy) is 3. The number of H-pyrrole nitrogens is 1. The average Bonchev–Trinajstić information content (AvgIpc) is 3.88. The fourth-order valence-electron chi connectivity index (χ4n) is 6.69. The van der Waals surface area contributed by atoms with E-state index in [1.165, 1.54) is 4.90 Å². The number of aromatic nitrogens is 4. The number of hydrogen-bond acceptors (Lipinski definition) is 9. The predicted molar refractivity (Wildman–Crippen MR) is 204 cm³/mol. The Hall–Kier alpha value is -5.40. The van der Waals surface area contributed by atoms with Crippen LogP contribution in [0.4, 0.5) is 20.2 Å². The molecule has 0 spiro atoms. The van der Waals surface area contributed by atoms with E-state index in [0.717, 1.165) is 39.9 Å². The number of nitrogens with zero attached hydrogens (tertiary/aromatic N) is 5. The van der Waals surface area contributed by atoms with E-state index in [1.54, 1.807) is 52.6 Å². The van der Waals surface area contributed by atoms with Crippen LogP contribution in [0.5, 0.6) is 0 Å². The van der Waals surface area contributed by atoms with Crippen molar-refractivity contribution in [1.29, 1.82) is 0 Å². The quantitative estimate of drug-likeness (QED) is 0.192. The summed E-state index contributed by atoms with van der Waals surface area (Å²) in [6.45, 7) is 17.2. The second kappa shape index (κ2) is 14.4. The molecule has 2 N–H and O–H groups in total. The van der Waals surface area contributed by atoms with Crippen molar-refractivity contribution in [2.75, 3.05) is 18.4 Å². The highest BCUT2D eigenvalue weighted by atomic mass is 16.6. The molecule has 2 aromatic heterocycles. The van der Waals surface area contributed by atoms with Gasteiger partial charge in [0.05, 0.1) is 23.4 Å². The van der Waals surface area contributed by atoms with Gasteiger partial charge in [0.25, 0.3) is 0 Å². The molecule has 2 fully saturated rings. The van der Waals surface area contributed by atoms with Crippen molar-refractivity contribution in [3.63, 3.8) is 0 Å². The molecule has 4 heterocycles. The van der Waals surface area contributed by atoms with Crippen LogP contribution >= 0.6 is 0 Å². The van der Waals surface area contributed by atoms with E-state index < -0.39 is 40.9 Å². The first-order valence-corrected chi connectivity index (χ1v) is 18.5. The van der Waals surface area contributed by atoms with Crippen LogP contribution in [0.3, 0.4) is 0 Å². The maximum atomic E-state index is 13.6. The molecular weight excluding hydrogens is 690 g/mol. The first-order chi connectivity index (χ1) is 25.3. The summed E-state index contributed by atoms with van der Waals surface area (Å²) >= 11 is 0. The van der Waals surface area contributed by atoms with Crippen LogP contribution in [0.2, 0.25) is 0 Å². The summed E-state index contributed by atoms with van der Waals surface area (Å²) in [5.41, 5.74) is 1.80. The molecule has 288 valence electrons. The second-order valence-corrected chi connectivity index (χ2v) is 16.9. The fraction of sp³-hybridized carbons (Fsp3) is 0.500. The highest BCUT2D eigenvalue weighted by Gasteiger charge is 2.38. The molecule has 14 heteroatoms. The Bertz CT molecular complexity index is 2050. The summed E-state index contributed by atoms with van der Waals surface area (Å²) in [4.78, 5) is 64.0. The number of imidazole rings is 1. The smallest absolute Gasteiger partial charge is 0.435 e. The molecular formula is C40H51N7O7. The molecule has 6 rings (SSSR count). The molecule has 0 saturated carbocycles. The molecule has 0 bridgehead atoms. The topological polar surface area (TPSA) is 161 Å². The summed E-state index contributed by atoms with van der Waals surface area (Å²) in [5, 5.41) is 7.91. The van der Waals surface area contributed by atoms with Crippen molar-refractivity contribution in [3.8, 4) is 22.4 Å². The van der Waals surface area contributed by atoms with Crippen LogP contribution < -0.4 is 5.32 Å². The third kappa shape index (κ3) is 8.69. The molecule has 2 atom stereocenters. The minimum Gasteiger partial charge on any atom is -0.444 e. The van der Waals surface area contributed by atoms with Crippen molar-refractivity contribution in [3.05, 3.63) is 54.5 Å². The summed E-state index contributed by atoms with van der Waals surface area (Å²) in [5.74, 6) is 0.481. The van der Waals surface area contributed by atoms with Crippen molar-refractivity contribution in [2.24, 2.45) is 0 Å². The number of aromatic amines is 1. The van der Waals surface area contributed by atoms with Crippen molar-refractivity contribution < 1.29 is 33.4 Å². The van der Waals surface area contributed by atoms with E-state index in [2.05, 4.69) is 20.4 Å². The normalized spacial score (nSPS) is 17.9. The van der Waals surface area contributed by atoms with Gasteiger partial charge in [-0.05, 0) is 117 Å². The molecule has 2 saturated heterocycles. The van der Waals surface area contributed by atoms with Gasteiger partial charge < -0.3 is 24.5 Å². The second-order valence-electron chi connectivity index (χ2n) is 16.9. The number of anilines is 1. The van der Waals surface area contributed by atoms with Gasteiger partial charge in [-0.3, -0.25) is 14.6 Å². The van der Waals surface area contributed by atoms with Crippen LogP contribution in [-0.2, 0) is 19.0 Å². The van der Waals surface area contributed by atoms with E-state index in [0.29, 0.717) is 42.7 Å². The molecule has 0 radical (unpaired) electrons. The number of carbonyl (C=O) groups is 4. The fourth-order valence-corrected chi connectivity index (χ4v) is 6.69. The molecule has 4 aromatic rings. The minimum atomic E-state index is -0.789. The molecule has 2 unspecified atom stereocenters. The lowest BCUT2D eigenvalue weighted by atomic mass is 10.0. The number of benzene rings is 2. The maximum Gasteiger partial charge on any atom is 0.435 e. The molecule has 54 heavy (non-hydrogen) atoms. The molecule has 2 aromatic carbocycles. The van der Waals surface area contributed by atoms with Gasteiger partial charge in [-0.25, -0.2) is 19.4 Å². The Balaban J connectivity index is 1.24. The van der Waals surface area contributed by atoms with Crippen LogP contribution in [0, 0.1) is 0 Å². The summed E-state index contributed by atoms with van der Waals surface area (Å²) in [6.07, 6.45) is 2.98. The maximum absolute atomic E-state index is 13.6.